The molecule has 4 aromatic rings. The number of nitrogens with one attached hydrogen (secondary N) is 1. The predicted molar refractivity (Wildman–Crippen MR) is 154 cm³/mol. The fourth-order valence-corrected chi connectivity index (χ4v) is 4.52. The predicted octanol–water partition coefficient (Wildman–Crippen LogP) is 5.11. The minimum Gasteiger partial charge on any atom is -0.493 e. The van der Waals surface area contributed by atoms with Crippen LogP contribution in [0.1, 0.15) is 63.0 Å². The molecule has 1 atom stereocenters. The van der Waals surface area contributed by atoms with Gasteiger partial charge in [0, 0.05) is 16.7 Å². The molecule has 0 aliphatic heterocycles. The van der Waals surface area contributed by atoms with Gasteiger partial charge in [0.1, 0.15) is 23.9 Å². The lowest BCUT2D eigenvalue weighted by Gasteiger charge is -2.35. The SMILES string of the molecule is CCOc1ccccc1C(C(=O)NC(C)(C)CC)N(C(=O)Cn1nnc2ccccc21)c1ccccc1C(C)=O. The van der Waals surface area contributed by atoms with Crippen molar-refractivity contribution in [2.24, 2.45) is 0 Å². The number of amides is 2. The number of para-hydroxylation sites is 3. The molecule has 2 amide bonds. The summed E-state index contributed by atoms with van der Waals surface area (Å²) in [7, 11) is 0. The molecule has 0 saturated carbocycles. The van der Waals surface area contributed by atoms with Gasteiger partial charge in [0.05, 0.1) is 17.8 Å². The first kappa shape index (κ1) is 28.5. The lowest BCUT2D eigenvalue weighted by molar-refractivity contribution is -0.128. The summed E-state index contributed by atoms with van der Waals surface area (Å²) in [6.45, 7) is 9.29. The third-order valence-electron chi connectivity index (χ3n) is 6.88. The van der Waals surface area contributed by atoms with E-state index in [0.29, 0.717) is 46.6 Å². The zero-order valence-corrected chi connectivity index (χ0v) is 23.5. The summed E-state index contributed by atoms with van der Waals surface area (Å²) in [5, 5.41) is 11.5. The highest BCUT2D eigenvalue weighted by Crippen LogP contribution is 2.36. The summed E-state index contributed by atoms with van der Waals surface area (Å²) < 4.78 is 7.42. The smallest absolute Gasteiger partial charge is 0.249 e. The number of carbonyl (C=O) groups excluding carboxylic acids is 3. The maximum Gasteiger partial charge on any atom is 0.249 e. The Morgan fingerprint density at radius 3 is 2.38 bits per heavy atom. The Kier molecular flexibility index (Phi) is 8.62. The van der Waals surface area contributed by atoms with Gasteiger partial charge in [-0.05, 0) is 64.4 Å². The minimum absolute atomic E-state index is 0.204. The van der Waals surface area contributed by atoms with Gasteiger partial charge >= 0.3 is 0 Å². The standard InChI is InChI=1S/C31H35N5O4/c1-6-31(4,5)32-30(39)29(23-15-9-13-19-27(23)40-7-2)36(25-17-11-8-14-22(25)21(3)37)28(38)20-35-26-18-12-10-16-24(26)33-34-35/h8-19,29H,6-7,20H2,1-5H3,(H,32,39). The normalized spacial score (nSPS) is 12.1. The van der Waals surface area contributed by atoms with Crippen molar-refractivity contribution in [3.63, 3.8) is 0 Å². The van der Waals surface area contributed by atoms with E-state index in [0.717, 1.165) is 0 Å². The van der Waals surface area contributed by atoms with Crippen LogP contribution in [0.25, 0.3) is 11.0 Å². The summed E-state index contributed by atoms with van der Waals surface area (Å²) in [5.74, 6) is -0.589. The van der Waals surface area contributed by atoms with Crippen LogP contribution in [0.3, 0.4) is 0 Å². The van der Waals surface area contributed by atoms with Crippen molar-refractivity contribution in [3.8, 4) is 5.75 Å². The third kappa shape index (κ3) is 6.03. The Bertz CT molecular complexity index is 1530. The van der Waals surface area contributed by atoms with E-state index in [2.05, 4.69) is 15.6 Å². The van der Waals surface area contributed by atoms with Gasteiger partial charge in [-0.3, -0.25) is 19.3 Å². The molecule has 1 aromatic heterocycles. The Morgan fingerprint density at radius 2 is 1.65 bits per heavy atom. The van der Waals surface area contributed by atoms with Crippen LogP contribution in [0.4, 0.5) is 5.69 Å². The Balaban J connectivity index is 1.93. The number of aromatic nitrogens is 3. The van der Waals surface area contributed by atoms with Crippen molar-refractivity contribution in [2.75, 3.05) is 11.5 Å². The molecule has 1 N–H and O–H groups in total. The first-order chi connectivity index (χ1) is 19.2. The molecule has 0 bridgehead atoms. The van der Waals surface area contributed by atoms with Crippen LogP contribution < -0.4 is 15.0 Å². The molecule has 1 unspecified atom stereocenters. The van der Waals surface area contributed by atoms with Gasteiger partial charge < -0.3 is 10.1 Å². The van der Waals surface area contributed by atoms with Crippen LogP contribution in [0.5, 0.6) is 5.75 Å². The van der Waals surface area contributed by atoms with Crippen molar-refractivity contribution in [3.05, 3.63) is 83.9 Å². The highest BCUT2D eigenvalue weighted by Gasteiger charge is 2.38. The zero-order valence-electron chi connectivity index (χ0n) is 23.5. The largest absolute Gasteiger partial charge is 0.493 e. The number of carbonyl (C=O) groups is 3. The molecule has 3 aromatic carbocycles. The Labute approximate surface area is 234 Å². The number of fused-ring (bicyclic) bond motifs is 1. The van der Waals surface area contributed by atoms with Gasteiger partial charge in [-0.25, -0.2) is 4.68 Å². The van der Waals surface area contributed by atoms with Crippen molar-refractivity contribution in [1.29, 1.82) is 0 Å². The molecule has 0 saturated heterocycles. The van der Waals surface area contributed by atoms with Crippen LogP contribution in [0.15, 0.2) is 72.8 Å². The third-order valence-corrected chi connectivity index (χ3v) is 6.88. The summed E-state index contributed by atoms with van der Waals surface area (Å²) in [5.41, 5.74) is 1.92. The maximum atomic E-state index is 14.4. The second-order valence-corrected chi connectivity index (χ2v) is 10.2. The van der Waals surface area contributed by atoms with Crippen LogP contribution in [0.2, 0.25) is 0 Å². The molecule has 9 nitrogen and oxygen atoms in total. The fraction of sp³-hybridized carbons (Fsp3) is 0.323. The number of ether oxygens (including phenoxy) is 1. The van der Waals surface area contributed by atoms with E-state index >= 15 is 0 Å². The highest BCUT2D eigenvalue weighted by molar-refractivity contribution is 6.08. The topological polar surface area (TPSA) is 106 Å². The maximum absolute atomic E-state index is 14.4. The van der Waals surface area contributed by atoms with Gasteiger partial charge in [-0.2, -0.15) is 0 Å². The van der Waals surface area contributed by atoms with Gasteiger partial charge in [-0.1, -0.05) is 54.6 Å². The number of benzene rings is 3. The number of anilines is 1. The highest BCUT2D eigenvalue weighted by atomic mass is 16.5. The summed E-state index contributed by atoms with van der Waals surface area (Å²) in [6, 6.07) is 20.2. The number of hydrogen-bond donors (Lipinski definition) is 1. The number of Topliss-reactive ketones (excluding diaryl/α,β-unsaturated/α-hetero) is 1. The summed E-state index contributed by atoms with van der Waals surface area (Å²) >= 11 is 0. The number of ketones is 1. The second-order valence-electron chi connectivity index (χ2n) is 10.2. The van der Waals surface area contributed by atoms with E-state index < -0.39 is 23.4 Å². The van der Waals surface area contributed by atoms with E-state index in [1.165, 1.54) is 16.5 Å². The zero-order chi connectivity index (χ0) is 28.9. The molecule has 208 valence electrons. The molecule has 0 radical (unpaired) electrons. The van der Waals surface area contributed by atoms with Crippen molar-refractivity contribution in [2.45, 2.75) is 59.2 Å². The van der Waals surface area contributed by atoms with E-state index in [1.807, 2.05) is 58.0 Å². The molecule has 40 heavy (non-hydrogen) atoms. The first-order valence-corrected chi connectivity index (χ1v) is 13.4. The van der Waals surface area contributed by atoms with Gasteiger partial charge in [0.15, 0.2) is 5.78 Å². The van der Waals surface area contributed by atoms with Gasteiger partial charge in [0.2, 0.25) is 11.8 Å². The quantitative estimate of drug-likeness (QED) is 0.265. The van der Waals surface area contributed by atoms with Crippen LogP contribution >= 0.6 is 0 Å². The van der Waals surface area contributed by atoms with Crippen molar-refractivity contribution < 1.29 is 19.1 Å². The number of nitrogens with zero attached hydrogens (tertiary/aromatic N) is 4. The average molecular weight is 542 g/mol. The first-order valence-electron chi connectivity index (χ1n) is 13.4. The van der Waals surface area contributed by atoms with Crippen molar-refractivity contribution >= 4 is 34.3 Å². The van der Waals surface area contributed by atoms with Crippen LogP contribution in [0, 0.1) is 0 Å². The van der Waals surface area contributed by atoms with E-state index in [4.69, 9.17) is 4.74 Å². The van der Waals surface area contributed by atoms with Crippen LogP contribution in [-0.4, -0.2) is 44.7 Å². The lowest BCUT2D eigenvalue weighted by atomic mass is 9.96. The molecular formula is C31H35N5O4. The minimum atomic E-state index is -1.14. The Hall–Kier alpha value is -4.53. The van der Waals surface area contributed by atoms with E-state index in [9.17, 15) is 14.4 Å². The number of rotatable bonds is 11. The fourth-order valence-electron chi connectivity index (χ4n) is 4.52. The molecule has 1 heterocycles. The molecule has 0 aliphatic rings. The Morgan fingerprint density at radius 1 is 0.975 bits per heavy atom. The van der Waals surface area contributed by atoms with Crippen molar-refractivity contribution in [1.82, 2.24) is 20.3 Å². The summed E-state index contributed by atoms with van der Waals surface area (Å²) in [4.78, 5) is 42.7. The summed E-state index contributed by atoms with van der Waals surface area (Å²) in [6.07, 6.45) is 0.668. The number of hydrogen-bond acceptors (Lipinski definition) is 6. The average Bonchev–Trinajstić information content (AvgIpc) is 3.34. The van der Waals surface area contributed by atoms with E-state index in [-0.39, 0.29) is 12.3 Å². The molecule has 0 fully saturated rings. The lowest BCUT2D eigenvalue weighted by Crippen LogP contribution is -2.51. The van der Waals surface area contributed by atoms with Gasteiger partial charge in [0.25, 0.3) is 0 Å². The monoisotopic (exact) mass is 541 g/mol. The second kappa shape index (κ2) is 12.1. The molecule has 0 spiro atoms. The molecule has 0 aliphatic carbocycles. The molecule has 4 rings (SSSR count). The molecule has 9 heteroatoms. The molecular weight excluding hydrogens is 506 g/mol. The van der Waals surface area contributed by atoms with Gasteiger partial charge in [-0.15, -0.1) is 5.10 Å². The van der Waals surface area contributed by atoms with E-state index in [1.54, 1.807) is 42.5 Å². The van der Waals surface area contributed by atoms with Crippen LogP contribution in [-0.2, 0) is 16.1 Å².